The average Bonchev–Trinajstić information content (AvgIpc) is 2.39. The van der Waals surface area contributed by atoms with Gasteiger partial charge in [0.05, 0.1) is 0 Å². The second-order valence-electron chi connectivity index (χ2n) is 4.30. The van der Waals surface area contributed by atoms with Crippen LogP contribution in [0, 0.1) is 6.92 Å². The minimum absolute atomic E-state index is 0.0116. The first kappa shape index (κ1) is 11.7. The molecule has 17 heavy (non-hydrogen) atoms. The Hall–Kier alpha value is -1.74. The molecule has 0 saturated carbocycles. The van der Waals surface area contributed by atoms with Crippen LogP contribution in [0.25, 0.3) is 0 Å². The number of hydrogen-bond acceptors (Lipinski definition) is 3. The normalized spacial score (nSPS) is 12.4. The van der Waals surface area contributed by atoms with E-state index in [9.17, 15) is 0 Å². The zero-order valence-electron chi connectivity index (χ0n) is 10.0. The fourth-order valence-corrected chi connectivity index (χ4v) is 1.75. The smallest absolute Gasteiger partial charge is 0.115 e. The molecule has 1 heterocycles. The standard InChI is InChI=1S/C14H17N3/c1-11-2-4-12(5-3-11)6-7-14(15)13-8-16-10-17-9-13/h2-5,8-10,14H,6-7,15H2,1H3. The van der Waals surface area contributed by atoms with Crippen molar-refractivity contribution in [2.24, 2.45) is 5.73 Å². The lowest BCUT2D eigenvalue weighted by atomic mass is 10.0. The summed E-state index contributed by atoms with van der Waals surface area (Å²) < 4.78 is 0. The van der Waals surface area contributed by atoms with Crippen molar-refractivity contribution in [3.05, 3.63) is 59.7 Å². The second kappa shape index (κ2) is 5.55. The van der Waals surface area contributed by atoms with Crippen molar-refractivity contribution < 1.29 is 0 Å². The van der Waals surface area contributed by atoms with Crippen molar-refractivity contribution >= 4 is 0 Å². The highest BCUT2D eigenvalue weighted by Gasteiger charge is 2.06. The second-order valence-corrected chi connectivity index (χ2v) is 4.30. The zero-order valence-corrected chi connectivity index (χ0v) is 10.0. The molecule has 0 radical (unpaired) electrons. The van der Waals surface area contributed by atoms with Crippen LogP contribution in [0.15, 0.2) is 43.0 Å². The third kappa shape index (κ3) is 3.36. The maximum Gasteiger partial charge on any atom is 0.115 e. The summed E-state index contributed by atoms with van der Waals surface area (Å²) in [4.78, 5) is 7.96. The highest BCUT2D eigenvalue weighted by Crippen LogP contribution is 2.15. The Labute approximate surface area is 102 Å². The Balaban J connectivity index is 1.92. The van der Waals surface area contributed by atoms with Crippen molar-refractivity contribution in [3.63, 3.8) is 0 Å². The molecule has 0 saturated heterocycles. The third-order valence-electron chi connectivity index (χ3n) is 2.87. The molecule has 3 heteroatoms. The summed E-state index contributed by atoms with van der Waals surface area (Å²) in [5.41, 5.74) is 9.70. The van der Waals surface area contributed by atoms with E-state index in [1.54, 1.807) is 12.4 Å². The van der Waals surface area contributed by atoms with Crippen molar-refractivity contribution in [1.82, 2.24) is 9.97 Å². The number of benzene rings is 1. The fourth-order valence-electron chi connectivity index (χ4n) is 1.75. The van der Waals surface area contributed by atoms with E-state index in [1.165, 1.54) is 17.5 Å². The van der Waals surface area contributed by atoms with Gasteiger partial charge in [-0.05, 0) is 25.3 Å². The zero-order chi connectivity index (χ0) is 12.1. The summed E-state index contributed by atoms with van der Waals surface area (Å²) in [6.07, 6.45) is 6.99. The lowest BCUT2D eigenvalue weighted by molar-refractivity contribution is 0.645. The predicted molar refractivity (Wildman–Crippen MR) is 68.5 cm³/mol. The van der Waals surface area contributed by atoms with Gasteiger partial charge < -0.3 is 5.73 Å². The molecule has 0 bridgehead atoms. The Bertz CT molecular complexity index is 451. The minimum Gasteiger partial charge on any atom is -0.324 e. The molecule has 2 aromatic rings. The lowest BCUT2D eigenvalue weighted by Gasteiger charge is -2.10. The highest BCUT2D eigenvalue weighted by molar-refractivity contribution is 5.21. The minimum atomic E-state index is 0.0116. The molecular formula is C14H17N3. The van der Waals surface area contributed by atoms with Crippen molar-refractivity contribution in [3.8, 4) is 0 Å². The van der Waals surface area contributed by atoms with E-state index in [0.717, 1.165) is 18.4 Å². The molecule has 2 N–H and O–H groups in total. The Morgan fingerprint density at radius 3 is 2.41 bits per heavy atom. The number of nitrogens with zero attached hydrogens (tertiary/aromatic N) is 2. The number of rotatable bonds is 4. The first-order valence-electron chi connectivity index (χ1n) is 5.82. The van der Waals surface area contributed by atoms with Gasteiger partial charge in [0.25, 0.3) is 0 Å². The predicted octanol–water partition coefficient (Wildman–Crippen LogP) is 2.42. The third-order valence-corrected chi connectivity index (χ3v) is 2.87. The topological polar surface area (TPSA) is 51.8 Å². The molecule has 1 atom stereocenters. The van der Waals surface area contributed by atoms with Crippen molar-refractivity contribution in [2.45, 2.75) is 25.8 Å². The van der Waals surface area contributed by atoms with Gasteiger partial charge in [0.2, 0.25) is 0 Å². The van der Waals surface area contributed by atoms with E-state index in [2.05, 4.69) is 41.2 Å². The van der Waals surface area contributed by atoms with Crippen LogP contribution in [0.1, 0.15) is 29.2 Å². The lowest BCUT2D eigenvalue weighted by Crippen LogP contribution is -2.11. The summed E-state index contributed by atoms with van der Waals surface area (Å²) in [5, 5.41) is 0. The van der Waals surface area contributed by atoms with Crippen LogP contribution in [0.3, 0.4) is 0 Å². The summed E-state index contributed by atoms with van der Waals surface area (Å²) in [6.45, 7) is 2.09. The quantitative estimate of drug-likeness (QED) is 0.872. The summed E-state index contributed by atoms with van der Waals surface area (Å²) >= 11 is 0. The molecule has 0 aliphatic heterocycles. The molecule has 0 aliphatic rings. The summed E-state index contributed by atoms with van der Waals surface area (Å²) in [5.74, 6) is 0. The van der Waals surface area contributed by atoms with Crippen LogP contribution in [0.2, 0.25) is 0 Å². The molecule has 3 nitrogen and oxygen atoms in total. The van der Waals surface area contributed by atoms with Crippen LogP contribution < -0.4 is 5.73 Å². The van der Waals surface area contributed by atoms with Crippen LogP contribution in [-0.4, -0.2) is 9.97 Å². The van der Waals surface area contributed by atoms with E-state index in [4.69, 9.17) is 5.73 Å². The van der Waals surface area contributed by atoms with Gasteiger partial charge in [-0.2, -0.15) is 0 Å². The van der Waals surface area contributed by atoms with Crippen molar-refractivity contribution in [1.29, 1.82) is 0 Å². The van der Waals surface area contributed by atoms with Crippen LogP contribution in [-0.2, 0) is 6.42 Å². The van der Waals surface area contributed by atoms with E-state index >= 15 is 0 Å². The highest BCUT2D eigenvalue weighted by atomic mass is 14.8. The summed E-state index contributed by atoms with van der Waals surface area (Å²) in [6, 6.07) is 8.59. The van der Waals surface area contributed by atoms with Gasteiger partial charge in [-0.3, -0.25) is 0 Å². The van der Waals surface area contributed by atoms with Crippen LogP contribution in [0.4, 0.5) is 0 Å². The monoisotopic (exact) mass is 227 g/mol. The van der Waals surface area contributed by atoms with Gasteiger partial charge >= 0.3 is 0 Å². The number of hydrogen-bond donors (Lipinski definition) is 1. The van der Waals surface area contributed by atoms with E-state index in [-0.39, 0.29) is 6.04 Å². The van der Waals surface area contributed by atoms with Crippen LogP contribution >= 0.6 is 0 Å². The number of nitrogens with two attached hydrogens (primary N) is 1. The van der Waals surface area contributed by atoms with E-state index in [1.807, 2.05) is 0 Å². The Morgan fingerprint density at radius 1 is 1.12 bits per heavy atom. The molecule has 88 valence electrons. The first-order valence-corrected chi connectivity index (χ1v) is 5.82. The fraction of sp³-hybridized carbons (Fsp3) is 0.286. The van der Waals surface area contributed by atoms with Crippen molar-refractivity contribution in [2.75, 3.05) is 0 Å². The number of aromatic nitrogens is 2. The van der Waals surface area contributed by atoms with Gasteiger partial charge in [-0.15, -0.1) is 0 Å². The largest absolute Gasteiger partial charge is 0.324 e. The molecule has 0 spiro atoms. The number of aryl methyl sites for hydroxylation is 2. The Kier molecular flexibility index (Phi) is 3.83. The molecule has 2 rings (SSSR count). The van der Waals surface area contributed by atoms with Gasteiger partial charge in [-0.25, -0.2) is 9.97 Å². The maximum absolute atomic E-state index is 6.09. The molecule has 1 unspecified atom stereocenters. The van der Waals surface area contributed by atoms with Gasteiger partial charge in [0.15, 0.2) is 0 Å². The first-order chi connectivity index (χ1) is 8.25. The SMILES string of the molecule is Cc1ccc(CCC(N)c2cncnc2)cc1. The van der Waals surface area contributed by atoms with E-state index in [0.29, 0.717) is 0 Å². The van der Waals surface area contributed by atoms with E-state index < -0.39 is 0 Å². The van der Waals surface area contributed by atoms with Gasteiger partial charge in [-0.1, -0.05) is 29.8 Å². The van der Waals surface area contributed by atoms with Gasteiger partial charge in [0, 0.05) is 24.0 Å². The molecule has 0 amide bonds. The summed E-state index contributed by atoms with van der Waals surface area (Å²) in [7, 11) is 0. The molecular weight excluding hydrogens is 210 g/mol. The molecule has 0 aliphatic carbocycles. The average molecular weight is 227 g/mol. The molecule has 1 aromatic heterocycles. The van der Waals surface area contributed by atoms with Crippen LogP contribution in [0.5, 0.6) is 0 Å². The Morgan fingerprint density at radius 2 is 1.76 bits per heavy atom. The molecule has 1 aromatic carbocycles. The maximum atomic E-state index is 6.09. The molecule has 0 fully saturated rings. The van der Waals surface area contributed by atoms with Gasteiger partial charge in [0.1, 0.15) is 6.33 Å².